The number of nitrogen functional groups attached to an aromatic ring is 1. The molecule has 72 valence electrons. The van der Waals surface area contributed by atoms with Gasteiger partial charge in [-0.1, -0.05) is 6.42 Å². The Labute approximate surface area is 81.8 Å². The first-order valence-corrected chi connectivity index (χ1v) is 4.95. The van der Waals surface area contributed by atoms with Crippen molar-refractivity contribution in [2.75, 3.05) is 5.73 Å². The SMILES string of the molecule is Nc1cccn2c(C3CCC3)nnc12. The van der Waals surface area contributed by atoms with E-state index in [9.17, 15) is 0 Å². The van der Waals surface area contributed by atoms with Crippen molar-refractivity contribution in [3.63, 3.8) is 0 Å². The second kappa shape index (κ2) is 2.70. The summed E-state index contributed by atoms with van der Waals surface area (Å²) >= 11 is 0. The van der Waals surface area contributed by atoms with Gasteiger partial charge < -0.3 is 5.73 Å². The van der Waals surface area contributed by atoms with E-state index < -0.39 is 0 Å². The normalized spacial score (nSPS) is 17.1. The van der Waals surface area contributed by atoms with Crippen molar-refractivity contribution in [3.8, 4) is 0 Å². The number of hydrogen-bond donors (Lipinski definition) is 1. The molecule has 0 saturated heterocycles. The van der Waals surface area contributed by atoms with Gasteiger partial charge >= 0.3 is 0 Å². The predicted octanol–water partition coefficient (Wildman–Crippen LogP) is 1.58. The molecule has 0 aromatic carbocycles. The van der Waals surface area contributed by atoms with Gasteiger partial charge in [0.25, 0.3) is 0 Å². The number of aromatic nitrogens is 3. The highest BCUT2D eigenvalue weighted by Crippen LogP contribution is 2.35. The zero-order valence-electron chi connectivity index (χ0n) is 7.85. The first-order valence-electron chi connectivity index (χ1n) is 4.95. The third-order valence-electron chi connectivity index (χ3n) is 2.96. The van der Waals surface area contributed by atoms with E-state index in [2.05, 4.69) is 10.2 Å². The van der Waals surface area contributed by atoms with Gasteiger partial charge in [-0.15, -0.1) is 10.2 Å². The summed E-state index contributed by atoms with van der Waals surface area (Å²) < 4.78 is 2.01. The molecule has 1 fully saturated rings. The summed E-state index contributed by atoms with van der Waals surface area (Å²) in [5, 5.41) is 8.32. The number of nitrogens with zero attached hydrogens (tertiary/aromatic N) is 3. The lowest BCUT2D eigenvalue weighted by atomic mass is 9.85. The van der Waals surface area contributed by atoms with E-state index in [-0.39, 0.29) is 0 Å². The van der Waals surface area contributed by atoms with Crippen LogP contribution < -0.4 is 5.73 Å². The van der Waals surface area contributed by atoms with Crippen molar-refractivity contribution in [3.05, 3.63) is 24.2 Å². The molecular weight excluding hydrogens is 176 g/mol. The number of hydrogen-bond acceptors (Lipinski definition) is 3. The highest BCUT2D eigenvalue weighted by Gasteiger charge is 2.24. The molecule has 0 amide bonds. The first-order chi connectivity index (χ1) is 6.86. The van der Waals surface area contributed by atoms with Crippen LogP contribution in [-0.2, 0) is 0 Å². The van der Waals surface area contributed by atoms with Crippen molar-refractivity contribution in [1.29, 1.82) is 0 Å². The van der Waals surface area contributed by atoms with E-state index in [1.165, 1.54) is 19.3 Å². The average Bonchev–Trinajstić information content (AvgIpc) is 2.48. The zero-order chi connectivity index (χ0) is 9.54. The fourth-order valence-electron chi connectivity index (χ4n) is 1.90. The van der Waals surface area contributed by atoms with Crippen LogP contribution >= 0.6 is 0 Å². The monoisotopic (exact) mass is 188 g/mol. The number of anilines is 1. The van der Waals surface area contributed by atoms with Crippen molar-refractivity contribution in [2.24, 2.45) is 0 Å². The Morgan fingerprint density at radius 1 is 1.36 bits per heavy atom. The molecular formula is C10H12N4. The van der Waals surface area contributed by atoms with Crippen LogP contribution in [0.5, 0.6) is 0 Å². The fourth-order valence-corrected chi connectivity index (χ4v) is 1.90. The summed E-state index contributed by atoms with van der Waals surface area (Å²) in [5.74, 6) is 1.66. The van der Waals surface area contributed by atoms with Gasteiger partial charge in [0.05, 0.1) is 5.69 Å². The summed E-state index contributed by atoms with van der Waals surface area (Å²) in [5.41, 5.74) is 7.29. The Balaban J connectivity index is 2.20. The lowest BCUT2D eigenvalue weighted by molar-refractivity contribution is 0.399. The van der Waals surface area contributed by atoms with Gasteiger partial charge in [0, 0.05) is 12.1 Å². The molecule has 2 heterocycles. The van der Waals surface area contributed by atoms with Crippen LogP contribution in [0.2, 0.25) is 0 Å². The molecule has 1 aliphatic rings. The minimum Gasteiger partial charge on any atom is -0.396 e. The Morgan fingerprint density at radius 3 is 2.93 bits per heavy atom. The van der Waals surface area contributed by atoms with Crippen LogP contribution in [0.3, 0.4) is 0 Å². The standard InChI is InChI=1S/C10H12N4/c11-8-5-2-6-14-9(7-3-1-4-7)12-13-10(8)14/h2,5-7H,1,3-4,11H2. The largest absolute Gasteiger partial charge is 0.396 e. The molecule has 2 aromatic rings. The number of nitrogens with two attached hydrogens (primary N) is 1. The molecule has 0 radical (unpaired) electrons. The molecule has 0 spiro atoms. The minimum atomic E-state index is 0.590. The topological polar surface area (TPSA) is 56.2 Å². The van der Waals surface area contributed by atoms with Gasteiger partial charge in [-0.25, -0.2) is 0 Å². The number of pyridine rings is 1. The quantitative estimate of drug-likeness (QED) is 0.739. The molecule has 2 aromatic heterocycles. The van der Waals surface area contributed by atoms with E-state index in [1.807, 2.05) is 22.7 Å². The van der Waals surface area contributed by atoms with Crippen molar-refractivity contribution in [1.82, 2.24) is 14.6 Å². The Morgan fingerprint density at radius 2 is 2.21 bits per heavy atom. The van der Waals surface area contributed by atoms with Crippen LogP contribution in [0, 0.1) is 0 Å². The van der Waals surface area contributed by atoms with Crippen LogP contribution in [0.1, 0.15) is 31.0 Å². The van der Waals surface area contributed by atoms with Gasteiger partial charge in [-0.3, -0.25) is 4.40 Å². The molecule has 2 N–H and O–H groups in total. The molecule has 0 atom stereocenters. The maximum absolute atomic E-state index is 5.81. The van der Waals surface area contributed by atoms with Crippen molar-refractivity contribution >= 4 is 11.3 Å². The average molecular weight is 188 g/mol. The Kier molecular flexibility index (Phi) is 1.50. The minimum absolute atomic E-state index is 0.590. The van der Waals surface area contributed by atoms with E-state index in [0.717, 1.165) is 11.5 Å². The van der Waals surface area contributed by atoms with Gasteiger partial charge in [0.1, 0.15) is 5.82 Å². The molecule has 1 saturated carbocycles. The highest BCUT2D eigenvalue weighted by molar-refractivity contribution is 5.63. The van der Waals surface area contributed by atoms with Crippen molar-refractivity contribution < 1.29 is 0 Å². The third-order valence-corrected chi connectivity index (χ3v) is 2.96. The van der Waals surface area contributed by atoms with Gasteiger partial charge in [0.2, 0.25) is 0 Å². The number of rotatable bonds is 1. The van der Waals surface area contributed by atoms with Crippen molar-refractivity contribution in [2.45, 2.75) is 25.2 Å². The molecule has 4 nitrogen and oxygen atoms in total. The zero-order valence-corrected chi connectivity index (χ0v) is 7.85. The van der Waals surface area contributed by atoms with Crippen LogP contribution in [0.15, 0.2) is 18.3 Å². The van der Waals surface area contributed by atoms with Gasteiger partial charge in [-0.2, -0.15) is 0 Å². The van der Waals surface area contributed by atoms with Gasteiger partial charge in [0.15, 0.2) is 5.65 Å². The predicted molar refractivity (Wildman–Crippen MR) is 54.0 cm³/mol. The second-order valence-electron chi connectivity index (χ2n) is 3.84. The first kappa shape index (κ1) is 7.79. The third kappa shape index (κ3) is 0.937. The van der Waals surface area contributed by atoms with E-state index in [1.54, 1.807) is 0 Å². The Hall–Kier alpha value is -1.58. The molecule has 4 heteroatoms. The molecule has 3 rings (SSSR count). The second-order valence-corrected chi connectivity index (χ2v) is 3.84. The van der Waals surface area contributed by atoms with E-state index >= 15 is 0 Å². The summed E-state index contributed by atoms with van der Waals surface area (Å²) in [6.07, 6.45) is 5.76. The maximum atomic E-state index is 5.81. The van der Waals surface area contributed by atoms with Crippen LogP contribution in [-0.4, -0.2) is 14.6 Å². The summed E-state index contributed by atoms with van der Waals surface area (Å²) in [6.45, 7) is 0. The van der Waals surface area contributed by atoms with E-state index in [4.69, 9.17) is 5.73 Å². The highest BCUT2D eigenvalue weighted by atomic mass is 15.3. The van der Waals surface area contributed by atoms with Gasteiger partial charge in [-0.05, 0) is 25.0 Å². The summed E-state index contributed by atoms with van der Waals surface area (Å²) in [4.78, 5) is 0. The number of fused-ring (bicyclic) bond motifs is 1. The molecule has 1 aliphatic carbocycles. The summed E-state index contributed by atoms with van der Waals surface area (Å²) in [6, 6.07) is 3.79. The van der Waals surface area contributed by atoms with Crippen LogP contribution in [0.4, 0.5) is 5.69 Å². The van der Waals surface area contributed by atoms with Crippen LogP contribution in [0.25, 0.3) is 5.65 Å². The molecule has 0 aliphatic heterocycles. The van der Waals surface area contributed by atoms with E-state index in [0.29, 0.717) is 11.6 Å². The molecule has 0 bridgehead atoms. The smallest absolute Gasteiger partial charge is 0.183 e. The molecule has 14 heavy (non-hydrogen) atoms. The lowest BCUT2D eigenvalue weighted by Crippen LogP contribution is -2.12. The lowest BCUT2D eigenvalue weighted by Gasteiger charge is -2.23. The Bertz CT molecular complexity index is 470. The molecule has 0 unspecified atom stereocenters. The maximum Gasteiger partial charge on any atom is 0.183 e. The fraction of sp³-hybridized carbons (Fsp3) is 0.400. The summed E-state index contributed by atoms with van der Waals surface area (Å²) in [7, 11) is 0.